The first-order valence-electron chi connectivity index (χ1n) is 7.57. The molecule has 2 rings (SSSR count). The smallest absolute Gasteiger partial charge is 0.00875 e. The maximum Gasteiger partial charge on any atom is 0.00875 e. The van der Waals surface area contributed by atoms with E-state index in [0.29, 0.717) is 5.92 Å². The molecule has 2 aromatic rings. The molecule has 0 fully saturated rings. The Balaban J connectivity index is 2.53. The first kappa shape index (κ1) is 15.3. The molecule has 0 N–H and O–H groups in total. The first-order valence-corrected chi connectivity index (χ1v) is 7.57. The summed E-state index contributed by atoms with van der Waals surface area (Å²) < 4.78 is 0. The first-order chi connectivity index (χ1) is 10.2. The molecule has 0 amide bonds. The van der Waals surface area contributed by atoms with Gasteiger partial charge >= 0.3 is 0 Å². The van der Waals surface area contributed by atoms with Crippen molar-refractivity contribution >= 4 is 0 Å². The molecule has 0 aliphatic carbocycles. The van der Waals surface area contributed by atoms with Crippen LogP contribution in [0.3, 0.4) is 0 Å². The maximum atomic E-state index is 4.00. The highest BCUT2D eigenvalue weighted by Crippen LogP contribution is 2.45. The molecule has 108 valence electrons. The Labute approximate surface area is 128 Å². The summed E-state index contributed by atoms with van der Waals surface area (Å²) in [5.41, 5.74) is 2.75. The zero-order valence-corrected chi connectivity index (χ0v) is 12.8. The van der Waals surface area contributed by atoms with Gasteiger partial charge < -0.3 is 0 Å². The van der Waals surface area contributed by atoms with E-state index in [2.05, 4.69) is 80.7 Å². The summed E-state index contributed by atoms with van der Waals surface area (Å²) in [4.78, 5) is 0. The fourth-order valence-corrected chi connectivity index (χ4v) is 3.27. The van der Waals surface area contributed by atoms with E-state index in [4.69, 9.17) is 0 Å². The Kier molecular flexibility index (Phi) is 5.16. The van der Waals surface area contributed by atoms with Gasteiger partial charge in [0.2, 0.25) is 0 Å². The Bertz CT molecular complexity index is 556. The highest BCUT2D eigenvalue weighted by molar-refractivity contribution is 5.35. The quantitative estimate of drug-likeness (QED) is 0.554. The molecule has 0 aromatic heterocycles. The minimum Gasteiger partial charge on any atom is -0.103 e. The number of allylic oxidation sites excluding steroid dienone is 2. The molecule has 21 heavy (non-hydrogen) atoms. The van der Waals surface area contributed by atoms with Gasteiger partial charge in [0.05, 0.1) is 0 Å². The van der Waals surface area contributed by atoms with E-state index < -0.39 is 0 Å². The van der Waals surface area contributed by atoms with Crippen molar-refractivity contribution in [3.8, 4) is 0 Å². The van der Waals surface area contributed by atoms with Crippen molar-refractivity contribution in [1.82, 2.24) is 0 Å². The number of benzene rings is 2. The van der Waals surface area contributed by atoms with Crippen LogP contribution in [0.25, 0.3) is 0 Å². The molecule has 0 bridgehead atoms. The van der Waals surface area contributed by atoms with Crippen molar-refractivity contribution in [2.75, 3.05) is 0 Å². The molecule has 0 aliphatic heterocycles. The van der Waals surface area contributed by atoms with Gasteiger partial charge in [0, 0.05) is 5.41 Å². The minimum atomic E-state index is 0.0200. The molecule has 0 saturated carbocycles. The van der Waals surface area contributed by atoms with Gasteiger partial charge in [0.25, 0.3) is 0 Å². The molecule has 2 aromatic carbocycles. The van der Waals surface area contributed by atoms with Crippen LogP contribution < -0.4 is 0 Å². The lowest BCUT2D eigenvalue weighted by Crippen LogP contribution is -2.31. The van der Waals surface area contributed by atoms with Gasteiger partial charge in [-0.15, -0.1) is 13.2 Å². The number of hydrogen-bond donors (Lipinski definition) is 0. The zero-order valence-electron chi connectivity index (χ0n) is 12.8. The summed E-state index contributed by atoms with van der Waals surface area (Å²) >= 11 is 0. The van der Waals surface area contributed by atoms with Crippen molar-refractivity contribution in [2.24, 2.45) is 0 Å². The van der Waals surface area contributed by atoms with Crippen LogP contribution in [0.5, 0.6) is 0 Å². The van der Waals surface area contributed by atoms with Crippen molar-refractivity contribution in [3.05, 3.63) is 97.1 Å². The second kappa shape index (κ2) is 7.08. The Morgan fingerprint density at radius 3 is 1.81 bits per heavy atom. The van der Waals surface area contributed by atoms with E-state index in [-0.39, 0.29) is 5.41 Å². The maximum absolute atomic E-state index is 4.00. The molecule has 0 saturated heterocycles. The number of rotatable bonds is 7. The van der Waals surface area contributed by atoms with Crippen LogP contribution in [-0.2, 0) is 5.41 Å². The third-order valence-corrected chi connectivity index (χ3v) is 4.49. The standard InChI is InChI=1S/C21H24/c1-4-16-21(17-5-2,20-14-10-7-11-15-20)18(3)19-12-8-6-9-13-19/h4-15,18H,1-2,16-17H2,3H3. The third kappa shape index (κ3) is 3.16. The average Bonchev–Trinajstić information content (AvgIpc) is 2.55. The SMILES string of the molecule is C=CCC(CC=C)(c1ccccc1)C(C)c1ccccc1. The van der Waals surface area contributed by atoms with Crippen molar-refractivity contribution in [2.45, 2.75) is 31.1 Å². The predicted octanol–water partition coefficient (Wildman–Crippen LogP) is 5.88. The monoisotopic (exact) mass is 276 g/mol. The minimum absolute atomic E-state index is 0.0200. The van der Waals surface area contributed by atoms with Crippen LogP contribution in [-0.4, -0.2) is 0 Å². The fraction of sp³-hybridized carbons (Fsp3) is 0.238. The molecule has 0 heteroatoms. The van der Waals surface area contributed by atoms with Gasteiger partial charge in [-0.3, -0.25) is 0 Å². The largest absolute Gasteiger partial charge is 0.103 e. The lowest BCUT2D eigenvalue weighted by Gasteiger charge is -2.39. The van der Waals surface area contributed by atoms with Crippen LogP contribution >= 0.6 is 0 Å². The van der Waals surface area contributed by atoms with E-state index in [0.717, 1.165) is 12.8 Å². The topological polar surface area (TPSA) is 0 Å². The second-order valence-corrected chi connectivity index (χ2v) is 5.64. The van der Waals surface area contributed by atoms with Crippen LogP contribution in [0.15, 0.2) is 86.0 Å². The van der Waals surface area contributed by atoms with Crippen molar-refractivity contribution in [3.63, 3.8) is 0 Å². The molecule has 0 spiro atoms. The summed E-state index contributed by atoms with van der Waals surface area (Å²) in [6.07, 6.45) is 5.96. The van der Waals surface area contributed by atoms with Crippen LogP contribution in [0, 0.1) is 0 Å². The van der Waals surface area contributed by atoms with Gasteiger partial charge in [-0.05, 0) is 29.9 Å². The van der Waals surface area contributed by atoms with Crippen LogP contribution in [0.4, 0.5) is 0 Å². The lowest BCUT2D eigenvalue weighted by molar-refractivity contribution is 0.365. The summed E-state index contributed by atoms with van der Waals surface area (Å²) in [7, 11) is 0. The van der Waals surface area contributed by atoms with E-state index in [1.807, 2.05) is 12.2 Å². The van der Waals surface area contributed by atoms with E-state index in [1.165, 1.54) is 11.1 Å². The Morgan fingerprint density at radius 2 is 1.33 bits per heavy atom. The van der Waals surface area contributed by atoms with E-state index in [1.54, 1.807) is 0 Å². The summed E-state index contributed by atoms with van der Waals surface area (Å²) in [5.74, 6) is 0.400. The van der Waals surface area contributed by atoms with Crippen molar-refractivity contribution < 1.29 is 0 Å². The zero-order chi connectivity index (χ0) is 15.1. The molecular formula is C21H24. The van der Waals surface area contributed by atoms with E-state index >= 15 is 0 Å². The molecule has 0 aliphatic rings. The highest BCUT2D eigenvalue weighted by atomic mass is 14.4. The molecule has 0 heterocycles. The molecule has 0 nitrogen and oxygen atoms in total. The second-order valence-electron chi connectivity index (χ2n) is 5.64. The predicted molar refractivity (Wildman–Crippen MR) is 92.6 cm³/mol. The fourth-order valence-electron chi connectivity index (χ4n) is 3.27. The van der Waals surface area contributed by atoms with Gasteiger partial charge in [-0.1, -0.05) is 79.7 Å². The van der Waals surface area contributed by atoms with Gasteiger partial charge in [0.1, 0.15) is 0 Å². The van der Waals surface area contributed by atoms with E-state index in [9.17, 15) is 0 Å². The molecular weight excluding hydrogens is 252 g/mol. The summed E-state index contributed by atoms with van der Waals surface area (Å²) in [5, 5.41) is 0. The normalized spacial score (nSPS) is 12.6. The molecule has 1 atom stereocenters. The average molecular weight is 276 g/mol. The summed E-state index contributed by atoms with van der Waals surface area (Å²) in [6, 6.07) is 21.5. The van der Waals surface area contributed by atoms with Gasteiger partial charge in [0.15, 0.2) is 0 Å². The van der Waals surface area contributed by atoms with Gasteiger partial charge in [-0.25, -0.2) is 0 Å². The molecule has 1 unspecified atom stereocenters. The lowest BCUT2D eigenvalue weighted by atomic mass is 9.64. The van der Waals surface area contributed by atoms with Gasteiger partial charge in [-0.2, -0.15) is 0 Å². The Hall–Kier alpha value is -2.08. The van der Waals surface area contributed by atoms with Crippen LogP contribution in [0.2, 0.25) is 0 Å². The third-order valence-electron chi connectivity index (χ3n) is 4.49. The summed E-state index contributed by atoms with van der Waals surface area (Å²) in [6.45, 7) is 10.3. The molecule has 0 radical (unpaired) electrons. The van der Waals surface area contributed by atoms with Crippen molar-refractivity contribution in [1.29, 1.82) is 0 Å². The Morgan fingerprint density at radius 1 is 0.857 bits per heavy atom. The number of hydrogen-bond acceptors (Lipinski definition) is 0. The highest BCUT2D eigenvalue weighted by Gasteiger charge is 2.36. The van der Waals surface area contributed by atoms with Crippen LogP contribution in [0.1, 0.15) is 36.8 Å².